The van der Waals surface area contributed by atoms with Crippen LogP contribution in [0.1, 0.15) is 5.56 Å². The lowest BCUT2D eigenvalue weighted by atomic mass is 10.1. The minimum Gasteiger partial charge on any atom is -0.224 e. The van der Waals surface area contributed by atoms with Gasteiger partial charge in [0, 0.05) is 15.8 Å². The van der Waals surface area contributed by atoms with Crippen LogP contribution in [0, 0.1) is 6.92 Å². The standard InChI is InChI=1S/C10H6Cl3N/c1-5-2-3-7(11)6-4-8(12)14-10(13)9(5)6/h2-4H,1H3. The fourth-order valence-electron chi connectivity index (χ4n) is 1.42. The number of hydrogen-bond donors (Lipinski definition) is 0. The van der Waals surface area contributed by atoms with Crippen molar-refractivity contribution < 1.29 is 0 Å². The summed E-state index contributed by atoms with van der Waals surface area (Å²) in [5.41, 5.74) is 1.04. The van der Waals surface area contributed by atoms with E-state index >= 15 is 0 Å². The highest BCUT2D eigenvalue weighted by molar-refractivity contribution is 6.40. The smallest absolute Gasteiger partial charge is 0.138 e. The number of hydrogen-bond acceptors (Lipinski definition) is 1. The molecule has 1 aromatic carbocycles. The van der Waals surface area contributed by atoms with Crippen molar-refractivity contribution in [1.29, 1.82) is 0 Å². The van der Waals surface area contributed by atoms with Gasteiger partial charge in [-0.15, -0.1) is 0 Å². The molecule has 0 bridgehead atoms. The Morgan fingerprint density at radius 3 is 2.57 bits per heavy atom. The first-order chi connectivity index (χ1) is 6.59. The Bertz CT molecular complexity index is 508. The van der Waals surface area contributed by atoms with Crippen molar-refractivity contribution in [3.63, 3.8) is 0 Å². The lowest BCUT2D eigenvalue weighted by molar-refractivity contribution is 1.35. The molecule has 2 aromatic rings. The summed E-state index contributed by atoms with van der Waals surface area (Å²) >= 11 is 17.8. The van der Waals surface area contributed by atoms with E-state index in [0.717, 1.165) is 16.3 Å². The molecule has 2 rings (SSSR count). The average molecular weight is 247 g/mol. The summed E-state index contributed by atoms with van der Waals surface area (Å²) in [5.74, 6) is 0. The highest BCUT2D eigenvalue weighted by atomic mass is 35.5. The molecule has 0 fully saturated rings. The summed E-state index contributed by atoms with van der Waals surface area (Å²) in [7, 11) is 0. The number of fused-ring (bicyclic) bond motifs is 1. The van der Waals surface area contributed by atoms with Crippen molar-refractivity contribution in [2.75, 3.05) is 0 Å². The SMILES string of the molecule is Cc1ccc(Cl)c2cc(Cl)nc(Cl)c12. The van der Waals surface area contributed by atoms with Gasteiger partial charge < -0.3 is 0 Å². The van der Waals surface area contributed by atoms with Crippen LogP contribution < -0.4 is 0 Å². The number of nitrogens with zero attached hydrogens (tertiary/aromatic N) is 1. The number of halogens is 3. The van der Waals surface area contributed by atoms with Gasteiger partial charge in [0.05, 0.1) is 0 Å². The molecular formula is C10H6Cl3N. The van der Waals surface area contributed by atoms with E-state index in [-0.39, 0.29) is 0 Å². The Labute approximate surface area is 96.6 Å². The van der Waals surface area contributed by atoms with Gasteiger partial charge in [0.15, 0.2) is 0 Å². The fraction of sp³-hybridized carbons (Fsp3) is 0.100. The number of aromatic nitrogens is 1. The Morgan fingerprint density at radius 2 is 1.86 bits per heavy atom. The van der Waals surface area contributed by atoms with Crippen LogP contribution in [0.15, 0.2) is 18.2 Å². The third-order valence-corrected chi connectivity index (χ3v) is 2.87. The van der Waals surface area contributed by atoms with Gasteiger partial charge in [-0.2, -0.15) is 0 Å². The molecule has 0 unspecified atom stereocenters. The van der Waals surface area contributed by atoms with Gasteiger partial charge in [-0.1, -0.05) is 40.9 Å². The van der Waals surface area contributed by atoms with Crippen molar-refractivity contribution in [1.82, 2.24) is 4.98 Å². The van der Waals surface area contributed by atoms with E-state index in [1.807, 2.05) is 19.1 Å². The topological polar surface area (TPSA) is 12.9 Å². The van der Waals surface area contributed by atoms with Crippen LogP contribution in [0.3, 0.4) is 0 Å². The summed E-state index contributed by atoms with van der Waals surface area (Å²) in [4.78, 5) is 3.98. The van der Waals surface area contributed by atoms with Crippen LogP contribution in [0.2, 0.25) is 15.3 Å². The Hall–Kier alpha value is -0.500. The van der Waals surface area contributed by atoms with E-state index in [1.165, 1.54) is 0 Å². The molecule has 14 heavy (non-hydrogen) atoms. The van der Waals surface area contributed by atoms with Crippen LogP contribution in [0.25, 0.3) is 10.8 Å². The molecule has 1 nitrogen and oxygen atoms in total. The zero-order valence-corrected chi connectivity index (χ0v) is 9.58. The normalized spacial score (nSPS) is 10.9. The first-order valence-corrected chi connectivity index (χ1v) is 5.14. The number of aryl methyl sites for hydroxylation is 1. The Balaban J connectivity index is 3.00. The quantitative estimate of drug-likeness (QED) is 0.624. The molecule has 1 heterocycles. The molecule has 72 valence electrons. The minimum absolute atomic E-state index is 0.356. The zero-order chi connectivity index (χ0) is 10.3. The molecule has 0 saturated heterocycles. The molecule has 1 aromatic heterocycles. The van der Waals surface area contributed by atoms with Gasteiger partial charge in [-0.05, 0) is 24.6 Å². The van der Waals surface area contributed by atoms with Crippen LogP contribution in [-0.2, 0) is 0 Å². The predicted molar refractivity (Wildman–Crippen MR) is 61.5 cm³/mol. The van der Waals surface area contributed by atoms with E-state index in [0.29, 0.717) is 15.3 Å². The Kier molecular flexibility index (Phi) is 2.56. The molecule has 0 radical (unpaired) electrons. The molecule has 4 heteroatoms. The van der Waals surface area contributed by atoms with Crippen molar-refractivity contribution in [2.24, 2.45) is 0 Å². The summed E-state index contributed by atoms with van der Waals surface area (Å²) in [6.45, 7) is 1.96. The van der Waals surface area contributed by atoms with Gasteiger partial charge in [-0.25, -0.2) is 4.98 Å². The second-order valence-corrected chi connectivity index (χ2v) is 4.18. The molecule has 0 atom stereocenters. The monoisotopic (exact) mass is 245 g/mol. The lowest BCUT2D eigenvalue weighted by Gasteiger charge is -2.05. The third-order valence-electron chi connectivity index (χ3n) is 2.08. The Morgan fingerprint density at radius 1 is 1.14 bits per heavy atom. The van der Waals surface area contributed by atoms with Crippen LogP contribution in [-0.4, -0.2) is 4.98 Å². The summed E-state index contributed by atoms with van der Waals surface area (Å²) < 4.78 is 0. The number of benzene rings is 1. The molecule has 0 spiro atoms. The predicted octanol–water partition coefficient (Wildman–Crippen LogP) is 4.50. The van der Waals surface area contributed by atoms with Crippen LogP contribution in [0.4, 0.5) is 0 Å². The van der Waals surface area contributed by atoms with Crippen LogP contribution in [0.5, 0.6) is 0 Å². The number of pyridine rings is 1. The summed E-state index contributed by atoms with van der Waals surface area (Å²) in [6.07, 6.45) is 0. The van der Waals surface area contributed by atoms with Gasteiger partial charge in [0.2, 0.25) is 0 Å². The van der Waals surface area contributed by atoms with Gasteiger partial charge in [-0.3, -0.25) is 0 Å². The molecule has 0 amide bonds. The van der Waals surface area contributed by atoms with Crippen molar-refractivity contribution >= 4 is 45.6 Å². The van der Waals surface area contributed by atoms with Gasteiger partial charge >= 0.3 is 0 Å². The highest BCUT2D eigenvalue weighted by Gasteiger charge is 2.08. The summed E-state index contributed by atoms with van der Waals surface area (Å²) in [6, 6.07) is 5.45. The van der Waals surface area contributed by atoms with Gasteiger partial charge in [0.1, 0.15) is 10.3 Å². The zero-order valence-electron chi connectivity index (χ0n) is 7.31. The lowest BCUT2D eigenvalue weighted by Crippen LogP contribution is -1.85. The minimum atomic E-state index is 0.356. The molecule has 0 aliphatic heterocycles. The molecule has 0 aliphatic rings. The maximum atomic E-state index is 6.03. The maximum absolute atomic E-state index is 6.03. The van der Waals surface area contributed by atoms with Gasteiger partial charge in [0.25, 0.3) is 0 Å². The van der Waals surface area contributed by atoms with E-state index in [1.54, 1.807) is 6.07 Å². The summed E-state index contributed by atoms with van der Waals surface area (Å²) in [5, 5.41) is 3.10. The number of rotatable bonds is 0. The van der Waals surface area contributed by atoms with E-state index in [4.69, 9.17) is 34.8 Å². The second kappa shape index (κ2) is 3.58. The van der Waals surface area contributed by atoms with E-state index < -0.39 is 0 Å². The molecule has 0 aliphatic carbocycles. The third kappa shape index (κ3) is 1.56. The van der Waals surface area contributed by atoms with Crippen molar-refractivity contribution in [2.45, 2.75) is 6.92 Å². The van der Waals surface area contributed by atoms with Crippen molar-refractivity contribution in [3.05, 3.63) is 39.1 Å². The van der Waals surface area contributed by atoms with Crippen LogP contribution >= 0.6 is 34.8 Å². The van der Waals surface area contributed by atoms with Crippen molar-refractivity contribution in [3.8, 4) is 0 Å². The average Bonchev–Trinajstić information content (AvgIpc) is 2.10. The molecule has 0 saturated carbocycles. The molecule has 0 N–H and O–H groups in total. The largest absolute Gasteiger partial charge is 0.224 e. The molecular weight excluding hydrogens is 240 g/mol. The fourth-order valence-corrected chi connectivity index (χ4v) is 2.21. The first-order valence-electron chi connectivity index (χ1n) is 4.00. The van der Waals surface area contributed by atoms with E-state index in [9.17, 15) is 0 Å². The highest BCUT2D eigenvalue weighted by Crippen LogP contribution is 2.32. The second-order valence-electron chi connectivity index (χ2n) is 3.02. The maximum Gasteiger partial charge on any atom is 0.138 e. The van der Waals surface area contributed by atoms with E-state index in [2.05, 4.69) is 4.98 Å². The first kappa shape index (κ1) is 10.0.